The maximum atomic E-state index is 13.2. The topological polar surface area (TPSA) is 130 Å². The molecule has 0 aliphatic rings. The lowest BCUT2D eigenvalue weighted by Crippen LogP contribution is -2.30. The molecule has 0 aliphatic carbocycles. The van der Waals surface area contributed by atoms with Crippen LogP contribution >= 0.6 is 23.4 Å². The normalized spacial score (nSPS) is 11.7. The Kier molecular flexibility index (Phi) is 10.1. The van der Waals surface area contributed by atoms with E-state index in [9.17, 15) is 24.5 Å². The number of halogens is 1. The monoisotopic (exact) mass is 600 g/mol. The second kappa shape index (κ2) is 14.1. The fraction of sp³-hybridized carbons (Fsp3) is 0.0645. The van der Waals surface area contributed by atoms with E-state index in [1.807, 2.05) is 0 Å². The van der Waals surface area contributed by atoms with Crippen molar-refractivity contribution in [2.45, 2.75) is 17.1 Å². The van der Waals surface area contributed by atoms with Crippen LogP contribution in [0.15, 0.2) is 114 Å². The van der Waals surface area contributed by atoms with Crippen LogP contribution in [0.25, 0.3) is 6.08 Å². The lowest BCUT2D eigenvalue weighted by molar-refractivity contribution is -0.384. The quantitative estimate of drug-likeness (QED) is 0.0796. The first-order valence-electron chi connectivity index (χ1n) is 12.6. The predicted octanol–water partition coefficient (Wildman–Crippen LogP) is 6.78. The molecular weight excluding hydrogens is 576 g/mol. The maximum absolute atomic E-state index is 13.2. The first kappa shape index (κ1) is 30.0. The Morgan fingerprint density at radius 3 is 2.05 bits per heavy atom. The average molecular weight is 601 g/mol. The number of carbonyl (C=O) groups is 3. The van der Waals surface area contributed by atoms with E-state index in [2.05, 4.69) is 16.0 Å². The van der Waals surface area contributed by atoms with E-state index in [0.717, 1.165) is 4.90 Å². The van der Waals surface area contributed by atoms with E-state index in [1.165, 1.54) is 42.1 Å². The summed E-state index contributed by atoms with van der Waals surface area (Å²) in [4.78, 5) is 49.9. The van der Waals surface area contributed by atoms with Gasteiger partial charge in [0.2, 0.25) is 5.91 Å². The zero-order valence-corrected chi connectivity index (χ0v) is 23.8. The Bertz CT molecular complexity index is 1610. The Hall–Kier alpha value is -4.93. The molecule has 0 fully saturated rings. The van der Waals surface area contributed by atoms with Crippen molar-refractivity contribution in [2.75, 3.05) is 10.6 Å². The summed E-state index contributed by atoms with van der Waals surface area (Å²) in [6, 6.07) is 27.8. The molecule has 9 nitrogen and oxygen atoms in total. The summed E-state index contributed by atoms with van der Waals surface area (Å²) in [5.41, 5.74) is 1.80. The van der Waals surface area contributed by atoms with E-state index in [1.54, 1.807) is 85.8 Å². The van der Waals surface area contributed by atoms with Crippen molar-refractivity contribution in [1.82, 2.24) is 5.32 Å². The molecule has 0 bridgehead atoms. The minimum Gasteiger partial charge on any atom is -0.325 e. The van der Waals surface area contributed by atoms with Crippen LogP contribution in [0.4, 0.5) is 17.1 Å². The molecule has 212 valence electrons. The smallest absolute Gasteiger partial charge is 0.272 e. The van der Waals surface area contributed by atoms with Gasteiger partial charge in [0.05, 0.1) is 10.2 Å². The molecule has 0 aliphatic heterocycles. The third-order valence-electron chi connectivity index (χ3n) is 5.85. The van der Waals surface area contributed by atoms with Crippen molar-refractivity contribution in [1.29, 1.82) is 0 Å². The molecule has 4 aromatic rings. The van der Waals surface area contributed by atoms with Gasteiger partial charge in [0.15, 0.2) is 0 Å². The van der Waals surface area contributed by atoms with Gasteiger partial charge in [0, 0.05) is 39.0 Å². The Balaban J connectivity index is 1.44. The van der Waals surface area contributed by atoms with Crippen LogP contribution in [0.2, 0.25) is 5.02 Å². The molecule has 42 heavy (non-hydrogen) atoms. The molecular formula is C31H25ClN4O5S. The zero-order chi connectivity index (χ0) is 30.1. The standard InChI is InChI=1S/C31H25ClN4O5S/c1-20(29(37)33-24-11-9-23(32)10-12-24)42-27-17-13-25(14-18-27)34-31(39)28(35-30(38)22-5-3-2-4-6-22)19-21-7-15-26(16-8-21)36(40)41/h2-20H,1H3,(H,33,37)(H,34,39)(H,35,38)/b28-19-. The predicted molar refractivity (Wildman–Crippen MR) is 165 cm³/mol. The summed E-state index contributed by atoms with van der Waals surface area (Å²) in [7, 11) is 0. The summed E-state index contributed by atoms with van der Waals surface area (Å²) in [5.74, 6) is -1.25. The van der Waals surface area contributed by atoms with Gasteiger partial charge in [0.25, 0.3) is 17.5 Å². The van der Waals surface area contributed by atoms with E-state index in [-0.39, 0.29) is 17.3 Å². The number of rotatable bonds is 10. The van der Waals surface area contributed by atoms with Crippen LogP contribution in [-0.4, -0.2) is 27.9 Å². The van der Waals surface area contributed by atoms with Gasteiger partial charge in [-0.2, -0.15) is 0 Å². The van der Waals surface area contributed by atoms with Gasteiger partial charge in [-0.05, 0) is 91.4 Å². The number of nitrogens with one attached hydrogen (secondary N) is 3. The summed E-state index contributed by atoms with van der Waals surface area (Å²) < 4.78 is 0. The molecule has 1 unspecified atom stereocenters. The Morgan fingerprint density at radius 1 is 0.833 bits per heavy atom. The fourth-order valence-electron chi connectivity index (χ4n) is 3.65. The molecule has 3 N–H and O–H groups in total. The number of nitro groups is 1. The van der Waals surface area contributed by atoms with Crippen molar-refractivity contribution >= 4 is 64.2 Å². The first-order chi connectivity index (χ1) is 20.2. The third-order valence-corrected chi connectivity index (χ3v) is 7.21. The number of nitro benzene ring substituents is 1. The van der Waals surface area contributed by atoms with Crippen LogP contribution in [0.3, 0.4) is 0 Å². The molecule has 3 amide bonds. The number of thioether (sulfide) groups is 1. The SMILES string of the molecule is CC(Sc1ccc(NC(=O)/C(=C/c2ccc([N+](=O)[O-])cc2)NC(=O)c2ccccc2)cc1)C(=O)Nc1ccc(Cl)cc1. The molecule has 0 saturated carbocycles. The number of nitrogens with zero attached hydrogens (tertiary/aromatic N) is 1. The molecule has 4 rings (SSSR count). The zero-order valence-electron chi connectivity index (χ0n) is 22.2. The first-order valence-corrected chi connectivity index (χ1v) is 13.9. The molecule has 0 spiro atoms. The number of anilines is 2. The second-order valence-corrected chi connectivity index (χ2v) is 10.8. The van der Waals surface area contributed by atoms with Crippen molar-refractivity contribution < 1.29 is 19.3 Å². The van der Waals surface area contributed by atoms with Crippen molar-refractivity contribution in [3.8, 4) is 0 Å². The number of hydrogen-bond donors (Lipinski definition) is 3. The average Bonchev–Trinajstić information content (AvgIpc) is 2.99. The van der Waals surface area contributed by atoms with Crippen LogP contribution in [-0.2, 0) is 9.59 Å². The number of carbonyl (C=O) groups excluding carboxylic acids is 3. The van der Waals surface area contributed by atoms with Crippen LogP contribution in [0.5, 0.6) is 0 Å². The lowest BCUT2D eigenvalue weighted by atomic mass is 10.1. The van der Waals surface area contributed by atoms with E-state index < -0.39 is 22.0 Å². The summed E-state index contributed by atoms with van der Waals surface area (Å²) in [6.45, 7) is 1.79. The fourth-order valence-corrected chi connectivity index (χ4v) is 4.64. The lowest BCUT2D eigenvalue weighted by Gasteiger charge is -2.13. The van der Waals surface area contributed by atoms with Crippen LogP contribution in [0, 0.1) is 10.1 Å². The highest BCUT2D eigenvalue weighted by Crippen LogP contribution is 2.26. The molecule has 4 aromatic carbocycles. The van der Waals surface area contributed by atoms with Crippen LogP contribution < -0.4 is 16.0 Å². The Labute approximate surface area is 251 Å². The summed E-state index contributed by atoms with van der Waals surface area (Å²) in [5, 5.41) is 19.4. The maximum Gasteiger partial charge on any atom is 0.272 e. The van der Waals surface area contributed by atoms with Crippen LogP contribution in [0.1, 0.15) is 22.8 Å². The summed E-state index contributed by atoms with van der Waals surface area (Å²) >= 11 is 7.24. The summed E-state index contributed by atoms with van der Waals surface area (Å²) in [6.07, 6.45) is 1.44. The van der Waals surface area contributed by atoms with Gasteiger partial charge in [0.1, 0.15) is 5.70 Å². The number of hydrogen-bond acceptors (Lipinski definition) is 6. The van der Waals surface area contributed by atoms with E-state index >= 15 is 0 Å². The number of amides is 3. The molecule has 0 radical (unpaired) electrons. The van der Waals surface area contributed by atoms with Crippen molar-refractivity contribution in [3.05, 3.63) is 135 Å². The van der Waals surface area contributed by atoms with E-state index in [4.69, 9.17) is 11.6 Å². The van der Waals surface area contributed by atoms with E-state index in [0.29, 0.717) is 27.5 Å². The highest BCUT2D eigenvalue weighted by atomic mass is 35.5. The Morgan fingerprint density at radius 2 is 1.43 bits per heavy atom. The van der Waals surface area contributed by atoms with Crippen molar-refractivity contribution in [3.63, 3.8) is 0 Å². The highest BCUT2D eigenvalue weighted by Gasteiger charge is 2.17. The molecule has 0 aromatic heterocycles. The van der Waals surface area contributed by atoms with Crippen molar-refractivity contribution in [2.24, 2.45) is 0 Å². The molecule has 0 saturated heterocycles. The second-order valence-electron chi connectivity index (χ2n) is 8.96. The highest BCUT2D eigenvalue weighted by molar-refractivity contribution is 8.00. The minimum atomic E-state index is -0.589. The van der Waals surface area contributed by atoms with Gasteiger partial charge in [-0.25, -0.2) is 0 Å². The largest absolute Gasteiger partial charge is 0.325 e. The third kappa shape index (κ3) is 8.53. The van der Waals surface area contributed by atoms with Gasteiger partial charge < -0.3 is 16.0 Å². The molecule has 1 atom stereocenters. The van der Waals surface area contributed by atoms with Gasteiger partial charge >= 0.3 is 0 Å². The van der Waals surface area contributed by atoms with Gasteiger partial charge in [-0.15, -0.1) is 11.8 Å². The minimum absolute atomic E-state index is 0.0522. The van der Waals surface area contributed by atoms with Gasteiger partial charge in [-0.3, -0.25) is 24.5 Å². The number of non-ortho nitro benzene ring substituents is 1. The van der Waals surface area contributed by atoms with Gasteiger partial charge in [-0.1, -0.05) is 29.8 Å². The number of benzene rings is 4. The molecule has 11 heteroatoms. The molecule has 0 heterocycles.